The molecular weight excluding hydrogens is 218 g/mol. The summed E-state index contributed by atoms with van der Waals surface area (Å²) in [7, 11) is 1.62. The molecule has 0 saturated carbocycles. The summed E-state index contributed by atoms with van der Waals surface area (Å²) < 4.78 is 5.29. The molecule has 0 aliphatic heterocycles. The number of aryl methyl sites for hydroxylation is 2. The van der Waals surface area contributed by atoms with E-state index in [1.807, 2.05) is 26.0 Å². The molecule has 1 heterocycles. The van der Waals surface area contributed by atoms with Crippen molar-refractivity contribution in [2.75, 3.05) is 7.11 Å². The molecule has 0 radical (unpaired) electrons. The Morgan fingerprint density at radius 3 is 2.71 bits per heavy atom. The van der Waals surface area contributed by atoms with Gasteiger partial charge in [-0.05, 0) is 30.5 Å². The first-order chi connectivity index (χ1) is 8.08. The van der Waals surface area contributed by atoms with Crippen LogP contribution in [-0.4, -0.2) is 23.2 Å². The molecule has 2 N–H and O–H groups in total. The lowest BCUT2D eigenvalue weighted by Crippen LogP contribution is -1.97. The number of methoxy groups -OCH3 is 1. The molecule has 0 bridgehead atoms. The number of fused-ring (bicyclic) bond motifs is 1. The Morgan fingerprint density at radius 1 is 1.47 bits per heavy atom. The van der Waals surface area contributed by atoms with E-state index in [1.54, 1.807) is 7.11 Å². The number of hydrogen-bond donors (Lipinski definition) is 2. The van der Waals surface area contributed by atoms with Crippen molar-refractivity contribution >= 4 is 16.9 Å². The van der Waals surface area contributed by atoms with Crippen molar-refractivity contribution in [3.8, 4) is 5.75 Å². The minimum Gasteiger partial charge on any atom is -0.496 e. The Hall–Kier alpha value is -1.97. The lowest BCUT2D eigenvalue weighted by atomic mass is 10.1. The smallest absolute Gasteiger partial charge is 0.352 e. The maximum atomic E-state index is 11.0. The standard InChI is InChI=1S/C13H15NO3/c1-4-8-5-9-7(2)12(13(15)16)14-10(9)6-11(8)17-3/h5-6,14H,4H2,1-3H3,(H,15,16). The van der Waals surface area contributed by atoms with Crippen LogP contribution in [0.1, 0.15) is 28.5 Å². The van der Waals surface area contributed by atoms with E-state index in [0.29, 0.717) is 0 Å². The van der Waals surface area contributed by atoms with Crippen LogP contribution in [0.3, 0.4) is 0 Å². The van der Waals surface area contributed by atoms with Crippen LogP contribution in [-0.2, 0) is 6.42 Å². The highest BCUT2D eigenvalue weighted by Gasteiger charge is 2.15. The monoisotopic (exact) mass is 233 g/mol. The summed E-state index contributed by atoms with van der Waals surface area (Å²) in [5.41, 5.74) is 2.90. The third-order valence-corrected chi connectivity index (χ3v) is 3.05. The topological polar surface area (TPSA) is 62.3 Å². The van der Waals surface area contributed by atoms with Gasteiger partial charge in [-0.25, -0.2) is 4.79 Å². The van der Waals surface area contributed by atoms with E-state index in [1.165, 1.54) is 0 Å². The summed E-state index contributed by atoms with van der Waals surface area (Å²) >= 11 is 0. The van der Waals surface area contributed by atoms with Crippen LogP contribution in [0.4, 0.5) is 0 Å². The Balaban J connectivity index is 2.75. The lowest BCUT2D eigenvalue weighted by Gasteiger charge is -2.06. The number of aromatic nitrogens is 1. The number of H-pyrrole nitrogens is 1. The van der Waals surface area contributed by atoms with Crippen molar-refractivity contribution in [2.24, 2.45) is 0 Å². The lowest BCUT2D eigenvalue weighted by molar-refractivity contribution is 0.0691. The molecule has 0 spiro atoms. The van der Waals surface area contributed by atoms with Crippen molar-refractivity contribution in [1.29, 1.82) is 0 Å². The average molecular weight is 233 g/mol. The van der Waals surface area contributed by atoms with Gasteiger partial charge >= 0.3 is 5.97 Å². The Labute approximate surface area is 99.2 Å². The number of benzene rings is 1. The molecule has 0 saturated heterocycles. The van der Waals surface area contributed by atoms with E-state index in [0.717, 1.165) is 34.2 Å². The fourth-order valence-electron chi connectivity index (χ4n) is 2.08. The Morgan fingerprint density at radius 2 is 2.18 bits per heavy atom. The van der Waals surface area contributed by atoms with Gasteiger partial charge in [0, 0.05) is 11.5 Å². The van der Waals surface area contributed by atoms with Gasteiger partial charge in [0.2, 0.25) is 0 Å². The molecule has 1 aromatic heterocycles. The minimum absolute atomic E-state index is 0.246. The molecule has 2 rings (SSSR count). The van der Waals surface area contributed by atoms with E-state index >= 15 is 0 Å². The van der Waals surface area contributed by atoms with E-state index < -0.39 is 5.97 Å². The highest BCUT2D eigenvalue weighted by atomic mass is 16.5. The first-order valence-electron chi connectivity index (χ1n) is 5.51. The van der Waals surface area contributed by atoms with Crippen LogP contribution < -0.4 is 4.74 Å². The van der Waals surface area contributed by atoms with Crippen molar-refractivity contribution in [3.05, 3.63) is 29.0 Å². The molecule has 17 heavy (non-hydrogen) atoms. The van der Waals surface area contributed by atoms with Crippen LogP contribution >= 0.6 is 0 Å². The molecule has 0 unspecified atom stereocenters. The number of carboxylic acid groups (broad SMARTS) is 1. The first-order valence-corrected chi connectivity index (χ1v) is 5.51. The molecule has 0 atom stereocenters. The largest absolute Gasteiger partial charge is 0.496 e. The molecule has 0 aliphatic carbocycles. The number of rotatable bonds is 3. The van der Waals surface area contributed by atoms with E-state index in [4.69, 9.17) is 9.84 Å². The molecule has 0 fully saturated rings. The van der Waals surface area contributed by atoms with E-state index in [2.05, 4.69) is 4.98 Å². The summed E-state index contributed by atoms with van der Waals surface area (Å²) in [5, 5.41) is 10.0. The zero-order valence-corrected chi connectivity index (χ0v) is 10.1. The fraction of sp³-hybridized carbons (Fsp3) is 0.308. The van der Waals surface area contributed by atoms with Gasteiger partial charge in [-0.1, -0.05) is 6.92 Å². The van der Waals surface area contributed by atoms with Crippen LogP contribution in [0, 0.1) is 6.92 Å². The molecule has 90 valence electrons. The van der Waals surface area contributed by atoms with E-state index in [9.17, 15) is 4.79 Å². The van der Waals surface area contributed by atoms with Crippen molar-refractivity contribution in [3.63, 3.8) is 0 Å². The van der Waals surface area contributed by atoms with Gasteiger partial charge in [0.15, 0.2) is 0 Å². The third kappa shape index (κ3) is 1.75. The molecule has 0 aliphatic rings. The number of carboxylic acids is 1. The van der Waals surface area contributed by atoms with Gasteiger partial charge in [-0.3, -0.25) is 0 Å². The second-order valence-corrected chi connectivity index (χ2v) is 3.99. The maximum Gasteiger partial charge on any atom is 0.352 e. The molecule has 0 amide bonds. The Bertz CT molecular complexity index is 584. The maximum absolute atomic E-state index is 11.0. The second kappa shape index (κ2) is 4.13. The van der Waals surface area contributed by atoms with Gasteiger partial charge in [0.25, 0.3) is 0 Å². The zero-order chi connectivity index (χ0) is 12.6. The molecular formula is C13H15NO3. The normalized spacial score (nSPS) is 10.8. The Kier molecular flexibility index (Phi) is 2.79. The molecule has 2 aromatic rings. The number of nitrogens with one attached hydrogen (secondary N) is 1. The van der Waals surface area contributed by atoms with Crippen LogP contribution in [0.25, 0.3) is 10.9 Å². The summed E-state index contributed by atoms with van der Waals surface area (Å²) in [4.78, 5) is 13.9. The van der Waals surface area contributed by atoms with Crippen LogP contribution in [0.2, 0.25) is 0 Å². The molecule has 1 aromatic carbocycles. The average Bonchev–Trinajstić information content (AvgIpc) is 2.64. The first kappa shape index (κ1) is 11.5. The predicted molar refractivity (Wildman–Crippen MR) is 65.9 cm³/mol. The van der Waals surface area contributed by atoms with Crippen molar-refractivity contribution < 1.29 is 14.6 Å². The second-order valence-electron chi connectivity index (χ2n) is 3.99. The number of carbonyl (C=O) groups is 1. The van der Waals surface area contributed by atoms with E-state index in [-0.39, 0.29) is 5.69 Å². The highest BCUT2D eigenvalue weighted by molar-refractivity contribution is 5.97. The molecule has 4 nitrogen and oxygen atoms in total. The SMILES string of the molecule is CCc1cc2c(C)c(C(=O)O)[nH]c2cc1OC. The van der Waals surface area contributed by atoms with Gasteiger partial charge in [0.1, 0.15) is 11.4 Å². The molecule has 4 heteroatoms. The highest BCUT2D eigenvalue weighted by Crippen LogP contribution is 2.29. The number of hydrogen-bond acceptors (Lipinski definition) is 2. The quantitative estimate of drug-likeness (QED) is 0.856. The van der Waals surface area contributed by atoms with Gasteiger partial charge in [-0.2, -0.15) is 0 Å². The van der Waals surface area contributed by atoms with Crippen LogP contribution in [0.5, 0.6) is 5.75 Å². The summed E-state index contributed by atoms with van der Waals surface area (Å²) in [6, 6.07) is 3.85. The number of aromatic amines is 1. The number of aromatic carboxylic acids is 1. The van der Waals surface area contributed by atoms with Crippen molar-refractivity contribution in [1.82, 2.24) is 4.98 Å². The summed E-state index contributed by atoms with van der Waals surface area (Å²) in [5.74, 6) is -0.145. The fourth-order valence-corrected chi connectivity index (χ4v) is 2.08. The van der Waals surface area contributed by atoms with Crippen LogP contribution in [0.15, 0.2) is 12.1 Å². The van der Waals surface area contributed by atoms with Gasteiger partial charge in [-0.15, -0.1) is 0 Å². The number of ether oxygens (including phenoxy) is 1. The summed E-state index contributed by atoms with van der Waals surface area (Å²) in [6.07, 6.45) is 0.853. The van der Waals surface area contributed by atoms with Gasteiger partial charge < -0.3 is 14.8 Å². The van der Waals surface area contributed by atoms with Crippen molar-refractivity contribution in [2.45, 2.75) is 20.3 Å². The minimum atomic E-state index is -0.935. The predicted octanol–water partition coefficient (Wildman–Crippen LogP) is 2.75. The third-order valence-electron chi connectivity index (χ3n) is 3.05. The van der Waals surface area contributed by atoms with Gasteiger partial charge in [0.05, 0.1) is 12.6 Å². The summed E-state index contributed by atoms with van der Waals surface area (Å²) in [6.45, 7) is 3.86. The zero-order valence-electron chi connectivity index (χ0n) is 10.1.